The van der Waals surface area contributed by atoms with Gasteiger partial charge in [-0.1, -0.05) is 36.4 Å². The lowest BCUT2D eigenvalue weighted by Crippen LogP contribution is -2.23. The fourth-order valence-electron chi connectivity index (χ4n) is 1.71. The molecule has 0 saturated carbocycles. The topological polar surface area (TPSA) is 54.4 Å². The lowest BCUT2D eigenvalue weighted by Gasteiger charge is -2.15. The molecule has 0 unspecified atom stereocenters. The highest BCUT2D eigenvalue weighted by atomic mass is 16.3. The first-order chi connectivity index (χ1) is 7.66. The third-order valence-electron chi connectivity index (χ3n) is 2.47. The van der Waals surface area contributed by atoms with Gasteiger partial charge in [-0.2, -0.15) is 0 Å². The van der Waals surface area contributed by atoms with Crippen molar-refractivity contribution in [1.82, 2.24) is 0 Å². The zero-order valence-corrected chi connectivity index (χ0v) is 8.73. The molecule has 3 nitrogen and oxygen atoms in total. The Morgan fingerprint density at radius 1 is 1.06 bits per heavy atom. The van der Waals surface area contributed by atoms with Crippen LogP contribution in [0.4, 0.5) is 0 Å². The Balaban J connectivity index is 2.74. The molecule has 0 spiro atoms. The van der Waals surface area contributed by atoms with Crippen molar-refractivity contribution in [1.29, 1.82) is 0 Å². The van der Waals surface area contributed by atoms with Gasteiger partial charge in [0.05, 0.1) is 5.57 Å². The number of aliphatic hydroxyl groups is 1. The minimum absolute atomic E-state index is 0.0613. The van der Waals surface area contributed by atoms with E-state index in [-0.39, 0.29) is 16.9 Å². The van der Waals surface area contributed by atoms with Crippen molar-refractivity contribution >= 4 is 17.3 Å². The summed E-state index contributed by atoms with van der Waals surface area (Å²) in [6.45, 7) is 1.72. The molecule has 2 rings (SSSR count). The molecule has 16 heavy (non-hydrogen) atoms. The maximum Gasteiger partial charge on any atom is 0.237 e. The second-order valence-electron chi connectivity index (χ2n) is 3.47. The predicted octanol–water partition coefficient (Wildman–Crippen LogP) is 2.30. The summed E-state index contributed by atoms with van der Waals surface area (Å²) in [5.74, 6) is -1.35. The van der Waals surface area contributed by atoms with Crippen LogP contribution in [0.2, 0.25) is 0 Å². The number of rotatable bonds is 1. The Hall–Kier alpha value is -2.16. The highest BCUT2D eigenvalue weighted by Gasteiger charge is 2.30. The highest BCUT2D eigenvalue weighted by Crippen LogP contribution is 2.27. The molecule has 1 aliphatic carbocycles. The maximum absolute atomic E-state index is 11.7. The Morgan fingerprint density at radius 2 is 1.69 bits per heavy atom. The molecule has 3 heteroatoms. The summed E-state index contributed by atoms with van der Waals surface area (Å²) in [5, 5.41) is 9.90. The molecule has 0 fully saturated rings. The van der Waals surface area contributed by atoms with Gasteiger partial charge in [0, 0.05) is 11.1 Å². The highest BCUT2D eigenvalue weighted by molar-refractivity contribution is 6.52. The van der Waals surface area contributed by atoms with E-state index in [9.17, 15) is 14.7 Å². The number of aliphatic hydroxyl groups excluding tert-OH is 1. The van der Waals surface area contributed by atoms with Gasteiger partial charge in [0.25, 0.3) is 0 Å². The molecule has 0 heterocycles. The Bertz CT molecular complexity index is 536. The molecule has 0 bridgehead atoms. The summed E-state index contributed by atoms with van der Waals surface area (Å²) < 4.78 is 0. The van der Waals surface area contributed by atoms with Crippen LogP contribution in [0, 0.1) is 0 Å². The maximum atomic E-state index is 11.7. The van der Waals surface area contributed by atoms with Gasteiger partial charge < -0.3 is 5.11 Å². The molecule has 0 aliphatic heterocycles. The number of allylic oxidation sites excluding steroid dienone is 3. The van der Waals surface area contributed by atoms with E-state index >= 15 is 0 Å². The van der Waals surface area contributed by atoms with Crippen molar-refractivity contribution in [3.05, 3.63) is 53.1 Å². The number of fused-ring (bicyclic) bond motifs is 1. The molecular formula is C13H10O3. The minimum Gasteiger partial charge on any atom is -0.507 e. The number of hydrogen-bond donors (Lipinski definition) is 1. The molecule has 1 aromatic rings. The van der Waals surface area contributed by atoms with E-state index in [2.05, 4.69) is 0 Å². The van der Waals surface area contributed by atoms with Gasteiger partial charge in [-0.25, -0.2) is 0 Å². The average molecular weight is 214 g/mol. The van der Waals surface area contributed by atoms with E-state index in [1.807, 2.05) is 0 Å². The molecule has 1 aliphatic rings. The van der Waals surface area contributed by atoms with Crippen LogP contribution in [0.1, 0.15) is 22.8 Å². The summed E-state index contributed by atoms with van der Waals surface area (Å²) in [7, 11) is 0. The van der Waals surface area contributed by atoms with E-state index in [1.165, 1.54) is 12.1 Å². The second kappa shape index (κ2) is 3.77. The Morgan fingerprint density at radius 3 is 2.31 bits per heavy atom. The molecule has 0 atom stereocenters. The van der Waals surface area contributed by atoms with E-state index in [1.54, 1.807) is 31.2 Å². The van der Waals surface area contributed by atoms with Gasteiger partial charge in [0.1, 0.15) is 5.76 Å². The quantitative estimate of drug-likeness (QED) is 0.730. The monoisotopic (exact) mass is 214 g/mol. The number of carbonyl (C=O) groups is 2. The van der Waals surface area contributed by atoms with Crippen molar-refractivity contribution in [2.24, 2.45) is 0 Å². The van der Waals surface area contributed by atoms with E-state index in [0.29, 0.717) is 5.56 Å². The third kappa shape index (κ3) is 1.37. The number of carbonyl (C=O) groups excluding carboxylic acids is 2. The van der Waals surface area contributed by atoms with Crippen LogP contribution in [0.5, 0.6) is 0 Å². The van der Waals surface area contributed by atoms with E-state index in [0.717, 1.165) is 0 Å². The summed E-state index contributed by atoms with van der Waals surface area (Å²) >= 11 is 0. The fraction of sp³-hybridized carbons (Fsp3) is 0.0769. The Kier molecular flexibility index (Phi) is 2.44. The largest absolute Gasteiger partial charge is 0.507 e. The Labute approximate surface area is 92.7 Å². The smallest absolute Gasteiger partial charge is 0.237 e. The molecule has 0 radical (unpaired) electrons. The second-order valence-corrected chi connectivity index (χ2v) is 3.47. The summed E-state index contributed by atoms with van der Waals surface area (Å²) in [5.41, 5.74) is 0.740. The summed E-state index contributed by atoms with van der Waals surface area (Å²) in [4.78, 5) is 23.4. The van der Waals surface area contributed by atoms with Crippen molar-refractivity contribution in [2.45, 2.75) is 6.92 Å². The first-order valence-electron chi connectivity index (χ1n) is 4.91. The van der Waals surface area contributed by atoms with Crippen LogP contribution in [0.15, 0.2) is 42.0 Å². The molecule has 0 saturated heterocycles. The van der Waals surface area contributed by atoms with Gasteiger partial charge in [0.2, 0.25) is 11.6 Å². The van der Waals surface area contributed by atoms with Crippen LogP contribution < -0.4 is 0 Å². The fourth-order valence-corrected chi connectivity index (χ4v) is 1.71. The lowest BCUT2D eigenvalue weighted by molar-refractivity contribution is -0.111. The van der Waals surface area contributed by atoms with Gasteiger partial charge in [-0.05, 0) is 6.92 Å². The number of Topliss-reactive ketones (excluding diaryl/α,β-unsaturated/α-hetero) is 2. The zero-order valence-electron chi connectivity index (χ0n) is 8.73. The van der Waals surface area contributed by atoms with Crippen molar-refractivity contribution in [3.63, 3.8) is 0 Å². The lowest BCUT2D eigenvalue weighted by atomic mass is 9.88. The van der Waals surface area contributed by atoms with Crippen LogP contribution in [0.25, 0.3) is 5.76 Å². The molecule has 80 valence electrons. The third-order valence-corrected chi connectivity index (χ3v) is 2.47. The summed E-state index contributed by atoms with van der Waals surface area (Å²) in [6, 6.07) is 6.54. The van der Waals surface area contributed by atoms with Gasteiger partial charge in [-0.3, -0.25) is 9.59 Å². The predicted molar refractivity (Wildman–Crippen MR) is 60.1 cm³/mol. The molecule has 1 N–H and O–H groups in total. The van der Waals surface area contributed by atoms with Gasteiger partial charge in [0.15, 0.2) is 0 Å². The van der Waals surface area contributed by atoms with Crippen LogP contribution in [0.3, 0.4) is 0 Å². The molecule has 0 aromatic heterocycles. The van der Waals surface area contributed by atoms with Crippen LogP contribution >= 0.6 is 0 Å². The number of benzene rings is 1. The molecular weight excluding hydrogens is 204 g/mol. The van der Waals surface area contributed by atoms with E-state index < -0.39 is 11.6 Å². The average Bonchev–Trinajstić information content (AvgIpc) is 2.32. The zero-order chi connectivity index (χ0) is 11.7. The van der Waals surface area contributed by atoms with Gasteiger partial charge >= 0.3 is 0 Å². The standard InChI is InChI=1S/C13H10O3/c1-2-5-10-11(14)8-6-3-4-7-9(8)12(15)13(10)16/h2-7,14H,1H3. The number of ketones is 2. The van der Waals surface area contributed by atoms with E-state index in [4.69, 9.17) is 0 Å². The molecule has 1 aromatic carbocycles. The minimum atomic E-state index is -0.658. The van der Waals surface area contributed by atoms with Crippen molar-refractivity contribution < 1.29 is 14.7 Å². The normalized spacial score (nSPS) is 15.8. The SMILES string of the molecule is CC=CC1=C(O)c2ccccc2C(=O)C1=O. The van der Waals surface area contributed by atoms with Crippen LogP contribution in [-0.4, -0.2) is 16.7 Å². The van der Waals surface area contributed by atoms with Crippen molar-refractivity contribution in [3.8, 4) is 0 Å². The summed E-state index contributed by atoms with van der Waals surface area (Å²) in [6.07, 6.45) is 3.07. The first kappa shape index (κ1) is 10.4. The number of hydrogen-bond acceptors (Lipinski definition) is 3. The van der Waals surface area contributed by atoms with Gasteiger partial charge in [-0.15, -0.1) is 0 Å². The molecule has 0 amide bonds. The van der Waals surface area contributed by atoms with Crippen molar-refractivity contribution in [2.75, 3.05) is 0 Å². The first-order valence-corrected chi connectivity index (χ1v) is 4.91. The van der Waals surface area contributed by atoms with Crippen LogP contribution in [-0.2, 0) is 4.79 Å².